The number of hydrogen-bond donors (Lipinski definition) is 0. The van der Waals surface area contributed by atoms with Gasteiger partial charge in [0.15, 0.2) is 0 Å². The number of ether oxygens (including phenoxy) is 3. The van der Waals surface area contributed by atoms with Crippen LogP contribution in [0.3, 0.4) is 0 Å². The van der Waals surface area contributed by atoms with E-state index in [0.717, 1.165) is 61.3 Å². The van der Waals surface area contributed by atoms with Gasteiger partial charge in [0.25, 0.3) is 0 Å². The molecule has 36 heavy (non-hydrogen) atoms. The lowest BCUT2D eigenvalue weighted by atomic mass is 9.96. The Bertz CT molecular complexity index is 894. The molecule has 1 aromatic heterocycles. The van der Waals surface area contributed by atoms with Crippen molar-refractivity contribution in [2.75, 3.05) is 33.9 Å². The highest BCUT2D eigenvalue weighted by Gasteiger charge is 2.28. The molecule has 1 aromatic carbocycles. The summed E-state index contributed by atoms with van der Waals surface area (Å²) in [6.45, 7) is 4.82. The van der Waals surface area contributed by atoms with Crippen LogP contribution in [0, 0.1) is 5.92 Å². The molecule has 1 aliphatic heterocycles. The first-order chi connectivity index (χ1) is 16.7. The van der Waals surface area contributed by atoms with Crippen molar-refractivity contribution in [3.05, 3.63) is 36.0 Å². The molecule has 2 aromatic rings. The number of methoxy groups -OCH3 is 1. The van der Waals surface area contributed by atoms with E-state index in [9.17, 15) is 0 Å². The second-order valence-corrected chi connectivity index (χ2v) is 9.94. The lowest BCUT2D eigenvalue weighted by Crippen LogP contribution is -2.44. The van der Waals surface area contributed by atoms with Gasteiger partial charge in [0.2, 0.25) is 5.88 Å². The quantitative estimate of drug-likeness (QED) is 0.348. The molecule has 2 aliphatic rings. The van der Waals surface area contributed by atoms with Crippen molar-refractivity contribution in [3.8, 4) is 22.8 Å². The molecule has 0 N–H and O–H groups in total. The van der Waals surface area contributed by atoms with Gasteiger partial charge >= 0.3 is 0 Å². The van der Waals surface area contributed by atoms with Crippen LogP contribution in [0.25, 0.3) is 11.1 Å². The van der Waals surface area contributed by atoms with Crippen LogP contribution in [0.2, 0.25) is 0 Å². The van der Waals surface area contributed by atoms with Crippen molar-refractivity contribution in [2.45, 2.75) is 76.9 Å². The Morgan fingerprint density at radius 1 is 1.00 bits per heavy atom. The van der Waals surface area contributed by atoms with Crippen LogP contribution in [0.5, 0.6) is 11.6 Å². The third-order valence-corrected chi connectivity index (χ3v) is 7.25. The Labute approximate surface area is 229 Å². The van der Waals surface area contributed by atoms with Crippen molar-refractivity contribution >= 4 is 24.8 Å². The summed E-state index contributed by atoms with van der Waals surface area (Å²) in [6.07, 6.45) is 11.0. The van der Waals surface area contributed by atoms with E-state index >= 15 is 0 Å². The van der Waals surface area contributed by atoms with E-state index in [1.807, 2.05) is 0 Å². The van der Waals surface area contributed by atoms with E-state index in [-0.39, 0.29) is 30.9 Å². The molecule has 0 amide bonds. The number of hydrogen-bond acceptors (Lipinski definition) is 6. The number of rotatable bonds is 10. The predicted octanol–water partition coefficient (Wildman–Crippen LogP) is 6.39. The monoisotopic (exact) mass is 539 g/mol. The van der Waals surface area contributed by atoms with E-state index < -0.39 is 0 Å². The van der Waals surface area contributed by atoms with Gasteiger partial charge in [0.1, 0.15) is 5.75 Å². The molecular formula is C28H43Cl2N3O3. The molecule has 0 unspecified atom stereocenters. The van der Waals surface area contributed by atoms with Gasteiger partial charge in [-0.2, -0.15) is 5.10 Å². The highest BCUT2D eigenvalue weighted by Crippen LogP contribution is 2.30. The molecular weight excluding hydrogens is 497 g/mol. The Hall–Kier alpha value is -1.60. The van der Waals surface area contributed by atoms with Crippen LogP contribution < -0.4 is 9.47 Å². The SMILES string of the molecule is CCCCc1nnc(OC[C@H]2CN(C)CC[C@@H]2OC)cc1-c1ccc(OC2CCCCC2)cc1.Cl.Cl. The standard InChI is InChI=1S/C28H41N3O3.2ClH/c1-4-5-11-26-25(21-12-14-24(15-13-21)34-23-9-7-6-8-10-23)18-28(30-29-26)33-20-22-19-31(2)17-16-27(22)32-3;;/h12-15,18,22-23,27H,4-11,16-17,19-20H2,1-3H3;2*1H/t22-,27+;;/m1../s1. The average molecular weight is 541 g/mol. The topological polar surface area (TPSA) is 56.7 Å². The summed E-state index contributed by atoms with van der Waals surface area (Å²) in [6, 6.07) is 10.5. The lowest BCUT2D eigenvalue weighted by Gasteiger charge is -2.35. The lowest BCUT2D eigenvalue weighted by molar-refractivity contribution is -0.0173. The van der Waals surface area contributed by atoms with Gasteiger partial charge in [-0.25, -0.2) is 0 Å². The van der Waals surface area contributed by atoms with Gasteiger partial charge < -0.3 is 19.1 Å². The number of aryl methyl sites for hydroxylation is 1. The zero-order valence-corrected chi connectivity index (χ0v) is 23.6. The fraction of sp³-hybridized carbons (Fsp3) is 0.643. The van der Waals surface area contributed by atoms with E-state index in [1.54, 1.807) is 7.11 Å². The van der Waals surface area contributed by atoms with Crippen molar-refractivity contribution in [2.24, 2.45) is 5.92 Å². The van der Waals surface area contributed by atoms with E-state index in [4.69, 9.17) is 14.2 Å². The molecule has 0 spiro atoms. The summed E-state index contributed by atoms with van der Waals surface area (Å²) in [5.74, 6) is 1.86. The van der Waals surface area contributed by atoms with Gasteiger partial charge in [-0.05, 0) is 69.7 Å². The minimum Gasteiger partial charge on any atom is -0.490 e. The summed E-state index contributed by atoms with van der Waals surface area (Å²) < 4.78 is 18.1. The summed E-state index contributed by atoms with van der Waals surface area (Å²) in [7, 11) is 3.95. The first kappa shape index (κ1) is 30.6. The van der Waals surface area contributed by atoms with Crippen LogP contribution in [0.15, 0.2) is 30.3 Å². The van der Waals surface area contributed by atoms with E-state index in [0.29, 0.717) is 24.5 Å². The third kappa shape index (κ3) is 8.47. The minimum atomic E-state index is 0. The normalized spacial score (nSPS) is 20.8. The molecule has 4 rings (SSSR count). The Kier molecular flexibility index (Phi) is 13.3. The number of benzene rings is 1. The highest BCUT2D eigenvalue weighted by molar-refractivity contribution is 5.85. The first-order valence-corrected chi connectivity index (χ1v) is 13.1. The fourth-order valence-electron chi connectivity index (χ4n) is 5.19. The van der Waals surface area contributed by atoms with Gasteiger partial charge in [-0.15, -0.1) is 29.9 Å². The first-order valence-electron chi connectivity index (χ1n) is 13.1. The van der Waals surface area contributed by atoms with Gasteiger partial charge in [0, 0.05) is 37.7 Å². The van der Waals surface area contributed by atoms with E-state index in [1.165, 1.54) is 32.1 Å². The summed E-state index contributed by atoms with van der Waals surface area (Å²) >= 11 is 0. The molecule has 6 nitrogen and oxygen atoms in total. The average Bonchev–Trinajstić information content (AvgIpc) is 2.87. The van der Waals surface area contributed by atoms with Crippen LogP contribution in [0.4, 0.5) is 0 Å². The Balaban J connectivity index is 0.00000228. The predicted molar refractivity (Wildman–Crippen MR) is 150 cm³/mol. The van der Waals surface area contributed by atoms with Crippen molar-refractivity contribution < 1.29 is 14.2 Å². The molecule has 0 radical (unpaired) electrons. The number of likely N-dealkylation sites (tertiary alicyclic amines) is 1. The maximum Gasteiger partial charge on any atom is 0.234 e. The molecule has 2 heterocycles. The van der Waals surface area contributed by atoms with Crippen LogP contribution >= 0.6 is 24.8 Å². The number of unbranched alkanes of at least 4 members (excludes halogenated alkanes) is 1. The molecule has 1 saturated heterocycles. The zero-order chi connectivity index (χ0) is 23.8. The summed E-state index contributed by atoms with van der Waals surface area (Å²) in [5, 5.41) is 8.99. The second-order valence-electron chi connectivity index (χ2n) is 9.94. The highest BCUT2D eigenvalue weighted by atomic mass is 35.5. The van der Waals surface area contributed by atoms with Crippen LogP contribution in [-0.4, -0.2) is 61.2 Å². The van der Waals surface area contributed by atoms with Gasteiger partial charge in [-0.1, -0.05) is 31.9 Å². The largest absolute Gasteiger partial charge is 0.490 e. The molecule has 0 bridgehead atoms. The second kappa shape index (κ2) is 15.6. The van der Waals surface area contributed by atoms with Crippen LogP contribution in [0.1, 0.15) is 64.0 Å². The molecule has 2 fully saturated rings. The van der Waals surface area contributed by atoms with Gasteiger partial charge in [0.05, 0.1) is 24.5 Å². The van der Waals surface area contributed by atoms with Crippen molar-refractivity contribution in [1.82, 2.24) is 15.1 Å². The Morgan fingerprint density at radius 2 is 1.75 bits per heavy atom. The smallest absolute Gasteiger partial charge is 0.234 e. The number of halogens is 2. The Morgan fingerprint density at radius 3 is 2.44 bits per heavy atom. The summed E-state index contributed by atoms with van der Waals surface area (Å²) in [5.41, 5.74) is 3.27. The maximum atomic E-state index is 6.23. The van der Waals surface area contributed by atoms with Crippen molar-refractivity contribution in [3.63, 3.8) is 0 Å². The molecule has 202 valence electrons. The third-order valence-electron chi connectivity index (χ3n) is 7.25. The fourth-order valence-corrected chi connectivity index (χ4v) is 5.19. The van der Waals surface area contributed by atoms with Crippen LogP contribution in [-0.2, 0) is 11.2 Å². The molecule has 8 heteroatoms. The number of piperidine rings is 1. The number of nitrogens with zero attached hydrogens (tertiary/aromatic N) is 3. The maximum absolute atomic E-state index is 6.23. The van der Waals surface area contributed by atoms with E-state index in [2.05, 4.69) is 59.4 Å². The molecule has 1 saturated carbocycles. The van der Waals surface area contributed by atoms with Crippen molar-refractivity contribution in [1.29, 1.82) is 0 Å². The zero-order valence-electron chi connectivity index (χ0n) is 22.0. The minimum absolute atomic E-state index is 0. The summed E-state index contributed by atoms with van der Waals surface area (Å²) in [4.78, 5) is 2.34. The molecule has 1 aliphatic carbocycles. The molecule has 2 atom stereocenters. The number of aromatic nitrogens is 2. The van der Waals surface area contributed by atoms with Gasteiger partial charge in [-0.3, -0.25) is 0 Å².